The molecule has 0 atom stereocenters. The summed E-state index contributed by atoms with van der Waals surface area (Å²) in [4.78, 5) is 14.0. The molecule has 0 fully saturated rings. The molecule has 0 saturated carbocycles. The minimum Gasteiger partial charge on any atom is -0.306 e. The van der Waals surface area contributed by atoms with Crippen LogP contribution in [0, 0.1) is 12.7 Å². The number of amides is 1. The lowest BCUT2D eigenvalue weighted by Crippen LogP contribution is -2.31. The lowest BCUT2D eigenvalue weighted by atomic mass is 10.1. The van der Waals surface area contributed by atoms with Crippen LogP contribution in [-0.2, 0) is 0 Å². The van der Waals surface area contributed by atoms with Gasteiger partial charge in [0, 0.05) is 11.0 Å². The fourth-order valence-electron chi connectivity index (χ4n) is 2.03. The van der Waals surface area contributed by atoms with Crippen LogP contribution in [0.25, 0.3) is 0 Å². The van der Waals surface area contributed by atoms with E-state index >= 15 is 0 Å². The van der Waals surface area contributed by atoms with Gasteiger partial charge in [-0.25, -0.2) is 4.39 Å². The van der Waals surface area contributed by atoms with Gasteiger partial charge in [-0.3, -0.25) is 4.79 Å². The maximum absolute atomic E-state index is 13.9. The van der Waals surface area contributed by atoms with Crippen molar-refractivity contribution in [3.05, 3.63) is 63.9 Å². The van der Waals surface area contributed by atoms with Crippen LogP contribution in [0.5, 0.6) is 0 Å². The van der Waals surface area contributed by atoms with Gasteiger partial charge in [0.1, 0.15) is 5.82 Å². The molecule has 0 unspecified atom stereocenters. The summed E-state index contributed by atoms with van der Waals surface area (Å²) in [7, 11) is 0. The van der Waals surface area contributed by atoms with Crippen molar-refractivity contribution in [2.45, 2.75) is 13.8 Å². The van der Waals surface area contributed by atoms with E-state index in [1.54, 1.807) is 24.3 Å². The molecule has 0 spiro atoms. The second-order valence-electron chi connectivity index (χ2n) is 4.48. The molecule has 20 heavy (non-hydrogen) atoms. The number of hydrogen-bond acceptors (Lipinski definition) is 1. The third-order valence-electron chi connectivity index (χ3n) is 3.06. The molecule has 2 aromatic carbocycles. The molecule has 0 radical (unpaired) electrons. The van der Waals surface area contributed by atoms with Gasteiger partial charge in [-0.05, 0) is 59.6 Å². The standard InChI is InChI=1S/C16H15BrFNO/c1-3-19(15-7-5-4-6-14(15)18)16(20)12-9-8-11(2)10-13(12)17/h4-10H,3H2,1-2H3. The summed E-state index contributed by atoms with van der Waals surface area (Å²) in [6.07, 6.45) is 0. The van der Waals surface area contributed by atoms with Crippen LogP contribution in [0.2, 0.25) is 0 Å². The molecule has 0 heterocycles. The van der Waals surface area contributed by atoms with Crippen molar-refractivity contribution in [2.75, 3.05) is 11.4 Å². The third kappa shape index (κ3) is 2.90. The predicted molar refractivity (Wildman–Crippen MR) is 82.6 cm³/mol. The van der Waals surface area contributed by atoms with E-state index in [2.05, 4.69) is 15.9 Å². The summed E-state index contributed by atoms with van der Waals surface area (Å²) in [6, 6.07) is 11.8. The van der Waals surface area contributed by atoms with E-state index in [-0.39, 0.29) is 5.91 Å². The van der Waals surface area contributed by atoms with Crippen molar-refractivity contribution in [3.8, 4) is 0 Å². The van der Waals surface area contributed by atoms with Crippen LogP contribution in [0.3, 0.4) is 0 Å². The molecule has 4 heteroatoms. The molecule has 0 aliphatic carbocycles. The first-order chi connectivity index (χ1) is 9.54. The molecule has 104 valence electrons. The molecular weight excluding hydrogens is 321 g/mol. The molecule has 2 nitrogen and oxygen atoms in total. The first kappa shape index (κ1) is 14.7. The van der Waals surface area contributed by atoms with Crippen molar-refractivity contribution in [1.29, 1.82) is 0 Å². The lowest BCUT2D eigenvalue weighted by molar-refractivity contribution is 0.0986. The predicted octanol–water partition coefficient (Wildman–Crippen LogP) is 4.56. The first-order valence-electron chi connectivity index (χ1n) is 6.37. The third-order valence-corrected chi connectivity index (χ3v) is 3.72. The Hall–Kier alpha value is -1.68. The molecule has 2 aromatic rings. The fraction of sp³-hybridized carbons (Fsp3) is 0.188. The Morgan fingerprint density at radius 3 is 2.55 bits per heavy atom. The summed E-state index contributed by atoms with van der Waals surface area (Å²) in [5, 5.41) is 0. The summed E-state index contributed by atoms with van der Waals surface area (Å²) >= 11 is 3.40. The summed E-state index contributed by atoms with van der Waals surface area (Å²) in [5.74, 6) is -0.615. The molecule has 0 N–H and O–H groups in total. The van der Waals surface area contributed by atoms with E-state index in [9.17, 15) is 9.18 Å². The normalized spacial score (nSPS) is 10.4. The zero-order valence-electron chi connectivity index (χ0n) is 11.4. The highest BCUT2D eigenvalue weighted by Crippen LogP contribution is 2.25. The second kappa shape index (κ2) is 6.18. The number of anilines is 1. The number of rotatable bonds is 3. The van der Waals surface area contributed by atoms with Crippen molar-refractivity contribution in [3.63, 3.8) is 0 Å². The topological polar surface area (TPSA) is 20.3 Å². The molecule has 0 saturated heterocycles. The van der Waals surface area contributed by atoms with Gasteiger partial charge in [0.15, 0.2) is 0 Å². The number of hydrogen-bond donors (Lipinski definition) is 0. The van der Waals surface area contributed by atoms with Crippen molar-refractivity contribution >= 4 is 27.5 Å². The van der Waals surface area contributed by atoms with Crippen LogP contribution in [-0.4, -0.2) is 12.5 Å². The van der Waals surface area contributed by atoms with Crippen LogP contribution >= 0.6 is 15.9 Å². The maximum atomic E-state index is 13.9. The van der Waals surface area contributed by atoms with Gasteiger partial charge in [-0.2, -0.15) is 0 Å². The van der Waals surface area contributed by atoms with Crippen molar-refractivity contribution in [2.24, 2.45) is 0 Å². The van der Waals surface area contributed by atoms with Gasteiger partial charge in [0.25, 0.3) is 5.91 Å². The van der Waals surface area contributed by atoms with Crippen LogP contribution in [0.1, 0.15) is 22.8 Å². The van der Waals surface area contributed by atoms with Crippen LogP contribution < -0.4 is 4.90 Å². The molecule has 0 bridgehead atoms. The van der Waals surface area contributed by atoms with Crippen molar-refractivity contribution < 1.29 is 9.18 Å². The average Bonchev–Trinajstić information content (AvgIpc) is 2.41. The van der Waals surface area contributed by atoms with Gasteiger partial charge >= 0.3 is 0 Å². The SMILES string of the molecule is CCN(C(=O)c1ccc(C)cc1Br)c1ccccc1F. The number of aryl methyl sites for hydroxylation is 1. The van der Waals surface area contributed by atoms with Crippen molar-refractivity contribution in [1.82, 2.24) is 0 Å². The van der Waals surface area contributed by atoms with Gasteiger partial charge in [-0.15, -0.1) is 0 Å². The minimum atomic E-state index is -0.397. The van der Waals surface area contributed by atoms with Crippen LogP contribution in [0.15, 0.2) is 46.9 Å². The Kier molecular flexibility index (Phi) is 4.55. The Morgan fingerprint density at radius 1 is 1.25 bits per heavy atom. The molecule has 2 rings (SSSR count). The number of benzene rings is 2. The smallest absolute Gasteiger partial charge is 0.259 e. The Balaban J connectivity index is 2.42. The lowest BCUT2D eigenvalue weighted by Gasteiger charge is -2.22. The quantitative estimate of drug-likeness (QED) is 0.804. The van der Waals surface area contributed by atoms with E-state index in [0.29, 0.717) is 17.8 Å². The highest BCUT2D eigenvalue weighted by molar-refractivity contribution is 9.10. The fourth-order valence-corrected chi connectivity index (χ4v) is 2.70. The highest BCUT2D eigenvalue weighted by Gasteiger charge is 2.20. The molecule has 1 amide bonds. The monoisotopic (exact) mass is 335 g/mol. The van der Waals surface area contributed by atoms with E-state index in [1.807, 2.05) is 26.0 Å². The first-order valence-corrected chi connectivity index (χ1v) is 7.16. The summed E-state index contributed by atoms with van der Waals surface area (Å²) in [5.41, 5.74) is 1.88. The minimum absolute atomic E-state index is 0.218. The number of carbonyl (C=O) groups excluding carboxylic acids is 1. The van der Waals surface area contributed by atoms with E-state index in [0.717, 1.165) is 10.0 Å². The highest BCUT2D eigenvalue weighted by atomic mass is 79.9. The maximum Gasteiger partial charge on any atom is 0.259 e. The van der Waals surface area contributed by atoms with E-state index in [1.165, 1.54) is 11.0 Å². The Bertz CT molecular complexity index is 642. The zero-order valence-corrected chi connectivity index (χ0v) is 12.9. The average molecular weight is 336 g/mol. The summed E-state index contributed by atoms with van der Waals surface area (Å²) in [6.45, 7) is 4.18. The number of nitrogens with zero attached hydrogens (tertiary/aromatic N) is 1. The molecular formula is C16H15BrFNO. The molecule has 0 aliphatic heterocycles. The van der Waals surface area contributed by atoms with Gasteiger partial charge < -0.3 is 4.90 Å². The zero-order chi connectivity index (χ0) is 14.7. The van der Waals surface area contributed by atoms with E-state index in [4.69, 9.17) is 0 Å². The number of para-hydroxylation sites is 1. The number of carbonyl (C=O) groups is 1. The number of halogens is 2. The Labute approximate surface area is 126 Å². The molecule has 0 aliphatic rings. The van der Waals surface area contributed by atoms with Crippen LogP contribution in [0.4, 0.5) is 10.1 Å². The summed E-state index contributed by atoms with van der Waals surface area (Å²) < 4.78 is 14.6. The van der Waals surface area contributed by atoms with Gasteiger partial charge in [0.2, 0.25) is 0 Å². The van der Waals surface area contributed by atoms with E-state index < -0.39 is 5.82 Å². The molecule has 0 aromatic heterocycles. The van der Waals surface area contributed by atoms with Gasteiger partial charge in [-0.1, -0.05) is 18.2 Å². The largest absolute Gasteiger partial charge is 0.306 e. The second-order valence-corrected chi connectivity index (χ2v) is 5.34. The Morgan fingerprint density at radius 2 is 1.95 bits per heavy atom. The van der Waals surface area contributed by atoms with Gasteiger partial charge in [0.05, 0.1) is 11.3 Å².